The van der Waals surface area contributed by atoms with Crippen molar-refractivity contribution in [3.05, 3.63) is 63.2 Å². The number of anilines is 1. The lowest BCUT2D eigenvalue weighted by Crippen LogP contribution is -2.32. The highest BCUT2D eigenvalue weighted by Gasteiger charge is 2.17. The molecule has 0 spiro atoms. The van der Waals surface area contributed by atoms with Crippen LogP contribution in [0, 0.1) is 12.8 Å². The van der Waals surface area contributed by atoms with E-state index in [1.165, 1.54) is 12.3 Å². The Morgan fingerprint density at radius 1 is 1.31 bits per heavy atom. The predicted octanol–water partition coefficient (Wildman–Crippen LogP) is 3.51. The highest BCUT2D eigenvalue weighted by molar-refractivity contribution is 6.03. The number of hydrogen-bond acceptors (Lipinski definition) is 4. The average Bonchev–Trinajstić information content (AvgIpc) is 2.67. The third-order valence-corrected chi connectivity index (χ3v) is 4.57. The van der Waals surface area contributed by atoms with Crippen LogP contribution in [0.4, 0.5) is 5.82 Å². The fraction of sp³-hybridized carbons (Fsp3) is 0.364. The van der Waals surface area contributed by atoms with Crippen LogP contribution in [-0.2, 0) is 17.8 Å². The van der Waals surface area contributed by atoms with Gasteiger partial charge in [-0.15, -0.1) is 0 Å². The summed E-state index contributed by atoms with van der Waals surface area (Å²) in [5.74, 6) is -0.836. The summed E-state index contributed by atoms with van der Waals surface area (Å²) >= 11 is 0. The molecule has 0 aliphatic carbocycles. The van der Waals surface area contributed by atoms with Crippen molar-refractivity contribution in [2.75, 3.05) is 5.32 Å². The van der Waals surface area contributed by atoms with Gasteiger partial charge in [0.1, 0.15) is 11.4 Å². The van der Waals surface area contributed by atoms with Crippen LogP contribution in [0.25, 0.3) is 6.08 Å². The van der Waals surface area contributed by atoms with Gasteiger partial charge in [-0.1, -0.05) is 20.8 Å². The van der Waals surface area contributed by atoms with E-state index in [0.717, 1.165) is 23.8 Å². The number of nitrogens with one attached hydrogen (secondary N) is 1. The first-order chi connectivity index (χ1) is 13.7. The molecular formula is C22H27N3O4. The smallest absolute Gasteiger partial charge is 0.328 e. The summed E-state index contributed by atoms with van der Waals surface area (Å²) in [4.78, 5) is 40.4. The maximum absolute atomic E-state index is 13.0. The van der Waals surface area contributed by atoms with E-state index in [9.17, 15) is 14.4 Å². The number of carboxylic acids is 1. The standard InChI is InChI=1S/C22H27N3O4/c1-5-18-15(4)12-17(22(29)25(18)11-10-14(2)3)21(28)24-19-8-6-16(13-23-19)7-9-20(26)27/h6-9,12-14H,5,10-11H2,1-4H3,(H,26,27)(H,23,24,28)/b9-7+. The quantitative estimate of drug-likeness (QED) is 0.664. The molecule has 1 amide bonds. The summed E-state index contributed by atoms with van der Waals surface area (Å²) in [6, 6.07) is 4.82. The lowest BCUT2D eigenvalue weighted by atomic mass is 10.1. The van der Waals surface area contributed by atoms with Crippen LogP contribution in [0.3, 0.4) is 0 Å². The molecule has 2 N–H and O–H groups in total. The molecule has 0 radical (unpaired) electrons. The van der Waals surface area contributed by atoms with E-state index in [0.29, 0.717) is 24.4 Å². The number of carbonyl (C=O) groups is 2. The largest absolute Gasteiger partial charge is 0.478 e. The van der Waals surface area contributed by atoms with Gasteiger partial charge in [-0.25, -0.2) is 9.78 Å². The third-order valence-electron chi connectivity index (χ3n) is 4.57. The van der Waals surface area contributed by atoms with Crippen LogP contribution < -0.4 is 10.9 Å². The number of aromatic nitrogens is 2. The second-order valence-corrected chi connectivity index (χ2v) is 7.28. The molecule has 154 valence electrons. The van der Waals surface area contributed by atoms with Gasteiger partial charge in [0, 0.05) is 24.5 Å². The second-order valence-electron chi connectivity index (χ2n) is 7.28. The molecular weight excluding hydrogens is 370 g/mol. The van der Waals surface area contributed by atoms with Crippen LogP contribution in [0.15, 0.2) is 35.3 Å². The van der Waals surface area contributed by atoms with Gasteiger partial charge in [0.05, 0.1) is 0 Å². The number of aryl methyl sites for hydroxylation is 1. The van der Waals surface area contributed by atoms with E-state index < -0.39 is 11.9 Å². The molecule has 0 atom stereocenters. The van der Waals surface area contributed by atoms with E-state index in [-0.39, 0.29) is 16.9 Å². The summed E-state index contributed by atoms with van der Waals surface area (Å²) in [5.41, 5.74) is 2.22. The van der Waals surface area contributed by atoms with Crippen molar-refractivity contribution in [1.82, 2.24) is 9.55 Å². The lowest BCUT2D eigenvalue weighted by Gasteiger charge is -2.17. The van der Waals surface area contributed by atoms with Crippen molar-refractivity contribution in [2.45, 2.75) is 47.1 Å². The van der Waals surface area contributed by atoms with Crippen LogP contribution >= 0.6 is 0 Å². The van der Waals surface area contributed by atoms with Crippen molar-refractivity contribution >= 4 is 23.8 Å². The molecule has 0 unspecified atom stereocenters. The number of carboxylic acid groups (broad SMARTS) is 1. The minimum atomic E-state index is -1.05. The highest BCUT2D eigenvalue weighted by atomic mass is 16.4. The van der Waals surface area contributed by atoms with E-state index >= 15 is 0 Å². The summed E-state index contributed by atoms with van der Waals surface area (Å²) in [6.07, 6.45) is 5.42. The average molecular weight is 397 g/mol. The maximum Gasteiger partial charge on any atom is 0.328 e. The Morgan fingerprint density at radius 2 is 2.03 bits per heavy atom. The van der Waals surface area contributed by atoms with Gasteiger partial charge in [0.15, 0.2) is 0 Å². The predicted molar refractivity (Wildman–Crippen MR) is 113 cm³/mol. The normalized spacial score (nSPS) is 11.2. The van der Waals surface area contributed by atoms with Crippen molar-refractivity contribution in [3.63, 3.8) is 0 Å². The van der Waals surface area contributed by atoms with E-state index in [1.807, 2.05) is 13.8 Å². The number of amides is 1. The van der Waals surface area contributed by atoms with E-state index in [1.54, 1.807) is 22.8 Å². The van der Waals surface area contributed by atoms with Crippen LogP contribution in [0.1, 0.15) is 54.4 Å². The summed E-state index contributed by atoms with van der Waals surface area (Å²) in [7, 11) is 0. The number of aliphatic carboxylic acids is 1. The van der Waals surface area contributed by atoms with Gasteiger partial charge in [0.2, 0.25) is 0 Å². The number of hydrogen-bond donors (Lipinski definition) is 2. The zero-order valence-electron chi connectivity index (χ0n) is 17.2. The minimum absolute atomic E-state index is 0.0834. The molecule has 0 saturated carbocycles. The highest BCUT2D eigenvalue weighted by Crippen LogP contribution is 2.13. The molecule has 0 fully saturated rings. The lowest BCUT2D eigenvalue weighted by molar-refractivity contribution is -0.131. The summed E-state index contributed by atoms with van der Waals surface area (Å²) in [6.45, 7) is 8.67. The zero-order valence-corrected chi connectivity index (χ0v) is 17.2. The van der Waals surface area contributed by atoms with Crippen molar-refractivity contribution < 1.29 is 14.7 Å². The van der Waals surface area contributed by atoms with Gasteiger partial charge in [0.25, 0.3) is 11.5 Å². The van der Waals surface area contributed by atoms with Crippen molar-refractivity contribution in [2.24, 2.45) is 5.92 Å². The molecule has 2 rings (SSSR count). The minimum Gasteiger partial charge on any atom is -0.478 e. The van der Waals surface area contributed by atoms with E-state index in [4.69, 9.17) is 5.11 Å². The fourth-order valence-electron chi connectivity index (χ4n) is 3.03. The topological polar surface area (TPSA) is 101 Å². The SMILES string of the molecule is CCc1c(C)cc(C(=O)Nc2ccc(/C=C/C(=O)O)cn2)c(=O)n1CCC(C)C. The number of nitrogens with zero attached hydrogens (tertiary/aromatic N) is 2. The Hall–Kier alpha value is -3.22. The first kappa shape index (κ1) is 22.1. The first-order valence-corrected chi connectivity index (χ1v) is 9.64. The molecule has 2 aromatic heterocycles. The molecule has 0 saturated heterocycles. The van der Waals surface area contributed by atoms with Gasteiger partial charge in [-0.3, -0.25) is 9.59 Å². The molecule has 7 heteroatoms. The molecule has 0 bridgehead atoms. The molecule has 0 aliphatic rings. The Labute approximate surface area is 170 Å². The zero-order chi connectivity index (χ0) is 21.6. The molecule has 29 heavy (non-hydrogen) atoms. The summed E-state index contributed by atoms with van der Waals surface area (Å²) < 4.78 is 1.71. The van der Waals surface area contributed by atoms with Gasteiger partial charge in [-0.2, -0.15) is 0 Å². The first-order valence-electron chi connectivity index (χ1n) is 9.64. The van der Waals surface area contributed by atoms with Gasteiger partial charge >= 0.3 is 5.97 Å². The summed E-state index contributed by atoms with van der Waals surface area (Å²) in [5, 5.41) is 11.3. The molecule has 2 aromatic rings. The molecule has 0 aliphatic heterocycles. The maximum atomic E-state index is 13.0. The molecule has 2 heterocycles. The van der Waals surface area contributed by atoms with E-state index in [2.05, 4.69) is 24.1 Å². The Morgan fingerprint density at radius 3 is 2.59 bits per heavy atom. The van der Waals surface area contributed by atoms with Crippen LogP contribution in [0.5, 0.6) is 0 Å². The van der Waals surface area contributed by atoms with Crippen LogP contribution in [0.2, 0.25) is 0 Å². The number of pyridine rings is 2. The second kappa shape index (κ2) is 9.82. The monoisotopic (exact) mass is 397 g/mol. The Balaban J connectivity index is 2.28. The Bertz CT molecular complexity index is 973. The van der Waals surface area contributed by atoms with Crippen LogP contribution in [-0.4, -0.2) is 26.5 Å². The number of carbonyl (C=O) groups excluding carboxylic acids is 1. The van der Waals surface area contributed by atoms with Gasteiger partial charge in [-0.05, 0) is 61.1 Å². The van der Waals surface area contributed by atoms with Gasteiger partial charge < -0.3 is 15.0 Å². The molecule has 7 nitrogen and oxygen atoms in total. The van der Waals surface area contributed by atoms with Crippen molar-refractivity contribution in [1.29, 1.82) is 0 Å². The molecule has 0 aromatic carbocycles. The van der Waals surface area contributed by atoms with Crippen molar-refractivity contribution in [3.8, 4) is 0 Å². The third kappa shape index (κ3) is 5.88. The Kier molecular flexibility index (Phi) is 7.47. The fourth-order valence-corrected chi connectivity index (χ4v) is 3.03. The number of rotatable bonds is 8.